The molecule has 1 aliphatic rings. The molecule has 2 heterocycles. The summed E-state index contributed by atoms with van der Waals surface area (Å²) in [5.74, 6) is -1.96. The molecule has 1 amide bonds. The van der Waals surface area contributed by atoms with Crippen LogP contribution in [0.1, 0.15) is 18.1 Å². The maximum atomic E-state index is 13.4. The number of aliphatic carboxylic acids is 1. The molecule has 1 atom stereocenters. The molecule has 7 nitrogen and oxygen atoms in total. The highest BCUT2D eigenvalue weighted by Gasteiger charge is 2.46. The molecule has 1 unspecified atom stereocenters. The van der Waals surface area contributed by atoms with Crippen LogP contribution in [0.25, 0.3) is 0 Å². The zero-order valence-corrected chi connectivity index (χ0v) is 15.9. The van der Waals surface area contributed by atoms with Crippen LogP contribution in [0.4, 0.5) is 18.9 Å². The number of hydrazine groups is 1. The number of anilines is 1. The SMILES string of the molecule is CCN1NC(Cc2ccccc2C(F)(F)F)(C(=O)O)C=C(Nc2cccnc2)C1=O. The van der Waals surface area contributed by atoms with E-state index in [0.29, 0.717) is 5.69 Å². The van der Waals surface area contributed by atoms with Crippen LogP contribution >= 0.6 is 0 Å². The maximum Gasteiger partial charge on any atom is 0.416 e. The third-order valence-electron chi connectivity index (χ3n) is 4.63. The first-order chi connectivity index (χ1) is 14.2. The lowest BCUT2D eigenvalue weighted by molar-refractivity contribution is -0.149. The van der Waals surface area contributed by atoms with Gasteiger partial charge in [0.25, 0.3) is 5.91 Å². The van der Waals surface area contributed by atoms with Crippen molar-refractivity contribution in [2.24, 2.45) is 0 Å². The van der Waals surface area contributed by atoms with Crippen molar-refractivity contribution < 1.29 is 27.9 Å². The van der Waals surface area contributed by atoms with Gasteiger partial charge in [-0.2, -0.15) is 13.2 Å². The molecule has 2 aromatic rings. The Balaban J connectivity index is 2.08. The predicted octanol–water partition coefficient (Wildman–Crippen LogP) is 2.83. The maximum absolute atomic E-state index is 13.4. The van der Waals surface area contributed by atoms with Crippen molar-refractivity contribution in [2.75, 3.05) is 11.9 Å². The second kappa shape index (κ2) is 8.15. The average Bonchev–Trinajstić information content (AvgIpc) is 2.70. The van der Waals surface area contributed by atoms with E-state index in [4.69, 9.17) is 0 Å². The van der Waals surface area contributed by atoms with Gasteiger partial charge in [-0.3, -0.25) is 14.8 Å². The number of halogens is 3. The van der Waals surface area contributed by atoms with Crippen LogP contribution in [0.15, 0.2) is 60.6 Å². The highest BCUT2D eigenvalue weighted by atomic mass is 19.4. The van der Waals surface area contributed by atoms with Gasteiger partial charge in [-0.15, -0.1) is 0 Å². The van der Waals surface area contributed by atoms with E-state index in [0.717, 1.165) is 17.2 Å². The number of rotatable bonds is 6. The Morgan fingerprint density at radius 1 is 1.27 bits per heavy atom. The fourth-order valence-electron chi connectivity index (χ4n) is 3.21. The Hall–Kier alpha value is -3.40. The molecule has 3 rings (SSSR count). The topological polar surface area (TPSA) is 94.6 Å². The molecule has 3 N–H and O–H groups in total. The van der Waals surface area contributed by atoms with E-state index in [9.17, 15) is 27.9 Å². The minimum atomic E-state index is -4.65. The van der Waals surface area contributed by atoms with Crippen molar-refractivity contribution in [2.45, 2.75) is 25.1 Å². The summed E-state index contributed by atoms with van der Waals surface area (Å²) in [5.41, 5.74) is -0.156. The number of carboxylic acid groups (broad SMARTS) is 1. The van der Waals surface area contributed by atoms with Crippen molar-refractivity contribution in [3.63, 3.8) is 0 Å². The normalized spacial score (nSPS) is 19.4. The van der Waals surface area contributed by atoms with Gasteiger partial charge >= 0.3 is 12.1 Å². The second-order valence-corrected chi connectivity index (χ2v) is 6.69. The Bertz CT molecular complexity index is 979. The molecule has 0 saturated carbocycles. The van der Waals surface area contributed by atoms with Crippen LogP contribution in [0.2, 0.25) is 0 Å². The molecular formula is C20H19F3N4O3. The number of nitrogens with one attached hydrogen (secondary N) is 2. The average molecular weight is 420 g/mol. The van der Waals surface area contributed by atoms with E-state index in [1.807, 2.05) is 0 Å². The molecule has 1 aromatic heterocycles. The minimum absolute atomic E-state index is 0.0736. The summed E-state index contributed by atoms with van der Waals surface area (Å²) in [6.07, 6.45) is -1.10. The highest BCUT2D eigenvalue weighted by molar-refractivity contribution is 5.99. The Morgan fingerprint density at radius 2 is 2.00 bits per heavy atom. The summed E-state index contributed by atoms with van der Waals surface area (Å²) in [6.45, 7) is 1.72. The van der Waals surface area contributed by atoms with Gasteiger partial charge in [-0.05, 0) is 36.8 Å². The molecule has 158 valence electrons. The first-order valence-corrected chi connectivity index (χ1v) is 9.04. The Morgan fingerprint density at radius 3 is 2.60 bits per heavy atom. The molecule has 1 aliphatic heterocycles. The number of hydrogen-bond donors (Lipinski definition) is 3. The summed E-state index contributed by atoms with van der Waals surface area (Å²) < 4.78 is 40.3. The quantitative estimate of drug-likeness (QED) is 0.665. The van der Waals surface area contributed by atoms with Gasteiger partial charge in [0, 0.05) is 19.2 Å². The zero-order valence-electron chi connectivity index (χ0n) is 15.9. The number of nitrogens with zero attached hydrogens (tertiary/aromatic N) is 2. The van der Waals surface area contributed by atoms with Crippen molar-refractivity contribution in [3.05, 3.63) is 71.7 Å². The summed E-state index contributed by atoms with van der Waals surface area (Å²) in [4.78, 5) is 28.9. The van der Waals surface area contributed by atoms with E-state index < -0.39 is 35.6 Å². The minimum Gasteiger partial charge on any atom is -0.480 e. The summed E-state index contributed by atoms with van der Waals surface area (Å²) >= 11 is 0. The van der Waals surface area contributed by atoms with E-state index in [-0.39, 0.29) is 17.8 Å². The van der Waals surface area contributed by atoms with Crippen LogP contribution in [0.5, 0.6) is 0 Å². The first-order valence-electron chi connectivity index (χ1n) is 9.04. The molecule has 30 heavy (non-hydrogen) atoms. The third-order valence-corrected chi connectivity index (χ3v) is 4.63. The molecule has 0 spiro atoms. The largest absolute Gasteiger partial charge is 0.480 e. The summed E-state index contributed by atoms with van der Waals surface area (Å²) in [6, 6.07) is 8.02. The van der Waals surface area contributed by atoms with E-state index in [2.05, 4.69) is 15.7 Å². The van der Waals surface area contributed by atoms with Crippen LogP contribution in [-0.4, -0.2) is 39.1 Å². The van der Waals surface area contributed by atoms with Crippen LogP contribution < -0.4 is 10.7 Å². The van der Waals surface area contributed by atoms with E-state index >= 15 is 0 Å². The predicted molar refractivity (Wildman–Crippen MR) is 102 cm³/mol. The zero-order chi connectivity index (χ0) is 21.9. The van der Waals surface area contributed by atoms with Gasteiger partial charge in [0.2, 0.25) is 0 Å². The third kappa shape index (κ3) is 4.28. The first kappa shape index (κ1) is 21.3. The van der Waals surface area contributed by atoms with Crippen molar-refractivity contribution in [3.8, 4) is 0 Å². The number of alkyl halides is 3. The van der Waals surface area contributed by atoms with Crippen LogP contribution in [0, 0.1) is 0 Å². The molecule has 1 aromatic carbocycles. The fraction of sp³-hybridized carbons (Fsp3) is 0.250. The van der Waals surface area contributed by atoms with Gasteiger partial charge in [0.05, 0.1) is 17.4 Å². The standard InChI is InChI=1S/C20H19F3N4O3/c1-2-27-17(28)16(25-14-7-5-9-24-12-14)11-19(26-27,18(29)30)10-13-6-3-4-8-15(13)20(21,22)23/h3-9,11-12,25-26H,2,10H2,1H3,(H,29,30). The van der Waals surface area contributed by atoms with Gasteiger partial charge < -0.3 is 10.4 Å². The Labute approximate surface area is 170 Å². The number of benzene rings is 1. The molecular weight excluding hydrogens is 401 g/mol. The number of pyridine rings is 1. The molecule has 0 bridgehead atoms. The Kier molecular flexibility index (Phi) is 5.79. The van der Waals surface area contributed by atoms with E-state index in [1.165, 1.54) is 30.6 Å². The van der Waals surface area contributed by atoms with Crippen molar-refractivity contribution >= 4 is 17.6 Å². The second-order valence-electron chi connectivity index (χ2n) is 6.69. The number of hydrogen-bond acceptors (Lipinski definition) is 5. The van der Waals surface area contributed by atoms with Crippen LogP contribution in [0.3, 0.4) is 0 Å². The van der Waals surface area contributed by atoms with Gasteiger partial charge in [0.15, 0.2) is 5.54 Å². The van der Waals surface area contributed by atoms with Crippen molar-refractivity contribution in [1.29, 1.82) is 0 Å². The number of carbonyl (C=O) groups excluding carboxylic acids is 1. The number of carbonyl (C=O) groups is 2. The smallest absolute Gasteiger partial charge is 0.416 e. The molecule has 0 aliphatic carbocycles. The highest BCUT2D eigenvalue weighted by Crippen LogP contribution is 2.34. The molecule has 0 radical (unpaired) electrons. The molecule has 10 heteroatoms. The van der Waals surface area contributed by atoms with Crippen molar-refractivity contribution in [1.82, 2.24) is 15.4 Å². The molecule has 0 saturated heterocycles. The number of aromatic nitrogens is 1. The molecule has 0 fully saturated rings. The summed E-state index contributed by atoms with van der Waals surface area (Å²) in [7, 11) is 0. The van der Waals surface area contributed by atoms with Gasteiger partial charge in [0.1, 0.15) is 5.70 Å². The lowest BCUT2D eigenvalue weighted by atomic mass is 9.86. The fourth-order valence-corrected chi connectivity index (χ4v) is 3.21. The van der Waals surface area contributed by atoms with Gasteiger partial charge in [-0.25, -0.2) is 10.2 Å². The van der Waals surface area contributed by atoms with Crippen LogP contribution in [-0.2, 0) is 22.2 Å². The number of likely N-dealkylation sites (N-methyl/N-ethyl adjacent to an activating group) is 1. The number of carboxylic acids is 1. The van der Waals surface area contributed by atoms with E-state index in [1.54, 1.807) is 19.1 Å². The van der Waals surface area contributed by atoms with Gasteiger partial charge in [-0.1, -0.05) is 18.2 Å². The monoisotopic (exact) mass is 420 g/mol. The summed E-state index contributed by atoms with van der Waals surface area (Å²) in [5, 5.41) is 13.8. The lowest BCUT2D eigenvalue weighted by Crippen LogP contribution is -2.64. The lowest BCUT2D eigenvalue weighted by Gasteiger charge is -2.39. The number of amides is 1.